The van der Waals surface area contributed by atoms with Crippen molar-refractivity contribution in [1.29, 1.82) is 0 Å². The maximum atomic E-state index is 12.2. The van der Waals surface area contributed by atoms with Crippen LogP contribution in [0.1, 0.15) is 22.3 Å². The SMILES string of the molecule is CC1C(=O)Nc2cc(C(=O)NCc3nccs3)ccc2N1C. The van der Waals surface area contributed by atoms with E-state index in [1.165, 1.54) is 11.3 Å². The van der Waals surface area contributed by atoms with E-state index >= 15 is 0 Å². The van der Waals surface area contributed by atoms with E-state index in [2.05, 4.69) is 15.6 Å². The number of benzene rings is 1. The summed E-state index contributed by atoms with van der Waals surface area (Å²) in [7, 11) is 1.87. The molecular formula is C15H16N4O2S. The molecule has 0 radical (unpaired) electrons. The van der Waals surface area contributed by atoms with Crippen LogP contribution in [0.15, 0.2) is 29.8 Å². The summed E-state index contributed by atoms with van der Waals surface area (Å²) in [6.45, 7) is 2.24. The fraction of sp³-hybridized carbons (Fsp3) is 0.267. The molecular weight excluding hydrogens is 300 g/mol. The summed E-state index contributed by atoms with van der Waals surface area (Å²) < 4.78 is 0. The lowest BCUT2D eigenvalue weighted by Crippen LogP contribution is -2.43. The normalized spacial score (nSPS) is 16.9. The fourth-order valence-electron chi connectivity index (χ4n) is 2.30. The summed E-state index contributed by atoms with van der Waals surface area (Å²) in [5, 5.41) is 8.38. The highest BCUT2D eigenvalue weighted by atomic mass is 32.1. The number of carbonyl (C=O) groups excluding carboxylic acids is 2. The number of carbonyl (C=O) groups is 2. The zero-order chi connectivity index (χ0) is 15.7. The molecule has 2 aromatic rings. The Balaban J connectivity index is 1.77. The third kappa shape index (κ3) is 2.67. The van der Waals surface area contributed by atoms with Crippen LogP contribution in [0.5, 0.6) is 0 Å². The van der Waals surface area contributed by atoms with Crippen LogP contribution in [0.4, 0.5) is 11.4 Å². The summed E-state index contributed by atoms with van der Waals surface area (Å²) in [5.74, 6) is -0.260. The molecule has 2 N–H and O–H groups in total. The van der Waals surface area contributed by atoms with Crippen LogP contribution in [-0.4, -0.2) is 29.9 Å². The van der Waals surface area contributed by atoms with Gasteiger partial charge < -0.3 is 15.5 Å². The van der Waals surface area contributed by atoms with Crippen LogP contribution in [0.3, 0.4) is 0 Å². The van der Waals surface area contributed by atoms with Crippen LogP contribution in [0.2, 0.25) is 0 Å². The Kier molecular flexibility index (Phi) is 3.81. The van der Waals surface area contributed by atoms with E-state index in [1.807, 2.05) is 30.3 Å². The van der Waals surface area contributed by atoms with E-state index in [0.29, 0.717) is 17.8 Å². The molecule has 0 spiro atoms. The fourth-order valence-corrected chi connectivity index (χ4v) is 2.86. The molecule has 0 bridgehead atoms. The summed E-state index contributed by atoms with van der Waals surface area (Å²) in [6, 6.07) is 5.09. The van der Waals surface area contributed by atoms with Crippen LogP contribution in [0, 0.1) is 0 Å². The molecule has 0 aliphatic carbocycles. The number of nitrogens with one attached hydrogen (secondary N) is 2. The van der Waals surface area contributed by atoms with Crippen molar-refractivity contribution in [2.24, 2.45) is 0 Å². The minimum Gasteiger partial charge on any atom is -0.361 e. The van der Waals surface area contributed by atoms with Gasteiger partial charge in [0.1, 0.15) is 11.0 Å². The van der Waals surface area contributed by atoms with Gasteiger partial charge in [-0.2, -0.15) is 0 Å². The van der Waals surface area contributed by atoms with Gasteiger partial charge in [0.25, 0.3) is 5.91 Å². The van der Waals surface area contributed by atoms with Gasteiger partial charge in [-0.05, 0) is 25.1 Å². The molecule has 22 heavy (non-hydrogen) atoms. The van der Waals surface area contributed by atoms with Gasteiger partial charge in [0.15, 0.2) is 0 Å². The van der Waals surface area contributed by atoms with Crippen molar-refractivity contribution in [2.75, 3.05) is 17.3 Å². The van der Waals surface area contributed by atoms with E-state index in [9.17, 15) is 9.59 Å². The number of anilines is 2. The van der Waals surface area contributed by atoms with Crippen molar-refractivity contribution in [1.82, 2.24) is 10.3 Å². The quantitative estimate of drug-likeness (QED) is 0.906. The molecule has 0 fully saturated rings. The Morgan fingerprint density at radius 3 is 3.05 bits per heavy atom. The zero-order valence-corrected chi connectivity index (χ0v) is 13.1. The Hall–Kier alpha value is -2.41. The molecule has 1 aliphatic rings. The number of aromatic nitrogens is 1. The van der Waals surface area contributed by atoms with Gasteiger partial charge in [-0.1, -0.05) is 0 Å². The van der Waals surface area contributed by atoms with Crippen LogP contribution < -0.4 is 15.5 Å². The second-order valence-electron chi connectivity index (χ2n) is 5.12. The lowest BCUT2D eigenvalue weighted by molar-refractivity contribution is -0.117. The second-order valence-corrected chi connectivity index (χ2v) is 6.10. The number of thiazole rings is 1. The van der Waals surface area contributed by atoms with E-state index < -0.39 is 0 Å². The standard InChI is InChI=1S/C15H16N4O2S/c1-9-14(20)18-11-7-10(3-4-12(11)19(9)2)15(21)17-8-13-16-5-6-22-13/h3-7,9H,8H2,1-2H3,(H,17,21)(H,18,20). The molecule has 1 aromatic heterocycles. The molecule has 114 valence electrons. The van der Waals surface area contributed by atoms with Gasteiger partial charge in [0.05, 0.1) is 17.9 Å². The van der Waals surface area contributed by atoms with Crippen molar-refractivity contribution in [2.45, 2.75) is 19.5 Å². The van der Waals surface area contributed by atoms with E-state index in [1.54, 1.807) is 18.3 Å². The smallest absolute Gasteiger partial charge is 0.251 e. The van der Waals surface area contributed by atoms with Crippen molar-refractivity contribution in [3.05, 3.63) is 40.3 Å². The van der Waals surface area contributed by atoms with Gasteiger partial charge in [-0.25, -0.2) is 4.98 Å². The summed E-state index contributed by atoms with van der Waals surface area (Å²) in [5.41, 5.74) is 2.08. The van der Waals surface area contributed by atoms with Gasteiger partial charge >= 0.3 is 0 Å². The number of nitrogens with zero attached hydrogens (tertiary/aromatic N) is 2. The number of likely N-dealkylation sites (N-methyl/N-ethyl adjacent to an activating group) is 1. The minimum atomic E-state index is -0.225. The second kappa shape index (κ2) is 5.76. The monoisotopic (exact) mass is 316 g/mol. The molecule has 7 heteroatoms. The number of hydrogen-bond donors (Lipinski definition) is 2. The molecule has 3 rings (SSSR count). The van der Waals surface area contributed by atoms with Crippen molar-refractivity contribution < 1.29 is 9.59 Å². The van der Waals surface area contributed by atoms with Crippen molar-refractivity contribution >= 4 is 34.5 Å². The third-order valence-electron chi connectivity index (χ3n) is 3.74. The molecule has 2 amide bonds. The Bertz CT molecular complexity index is 714. The maximum Gasteiger partial charge on any atom is 0.251 e. The number of fused-ring (bicyclic) bond motifs is 1. The highest BCUT2D eigenvalue weighted by Gasteiger charge is 2.27. The Morgan fingerprint density at radius 1 is 1.50 bits per heavy atom. The number of amides is 2. The number of hydrogen-bond acceptors (Lipinski definition) is 5. The lowest BCUT2D eigenvalue weighted by Gasteiger charge is -2.33. The predicted octanol–water partition coefficient (Wildman–Crippen LogP) is 1.85. The van der Waals surface area contributed by atoms with E-state index in [4.69, 9.17) is 0 Å². The Morgan fingerprint density at radius 2 is 2.32 bits per heavy atom. The van der Waals surface area contributed by atoms with Crippen LogP contribution in [-0.2, 0) is 11.3 Å². The van der Waals surface area contributed by atoms with Crippen molar-refractivity contribution in [3.63, 3.8) is 0 Å². The molecule has 1 aliphatic heterocycles. The average molecular weight is 316 g/mol. The molecule has 0 saturated carbocycles. The first-order valence-electron chi connectivity index (χ1n) is 6.90. The van der Waals surface area contributed by atoms with Crippen LogP contribution >= 0.6 is 11.3 Å². The molecule has 1 unspecified atom stereocenters. The molecule has 0 saturated heterocycles. The first kappa shape index (κ1) is 14.5. The third-order valence-corrected chi connectivity index (χ3v) is 4.52. The lowest BCUT2D eigenvalue weighted by atomic mass is 10.1. The van der Waals surface area contributed by atoms with E-state index in [0.717, 1.165) is 10.7 Å². The molecule has 1 aromatic carbocycles. The zero-order valence-electron chi connectivity index (χ0n) is 12.3. The maximum absolute atomic E-state index is 12.2. The Labute approximate surface area is 132 Å². The highest BCUT2D eigenvalue weighted by molar-refractivity contribution is 7.09. The molecule has 6 nitrogen and oxygen atoms in total. The van der Waals surface area contributed by atoms with Gasteiger partial charge in [0, 0.05) is 24.2 Å². The topological polar surface area (TPSA) is 74.3 Å². The highest BCUT2D eigenvalue weighted by Crippen LogP contribution is 2.31. The summed E-state index contributed by atoms with van der Waals surface area (Å²) in [4.78, 5) is 30.1. The van der Waals surface area contributed by atoms with Gasteiger partial charge in [-0.3, -0.25) is 9.59 Å². The minimum absolute atomic E-state index is 0.0738. The summed E-state index contributed by atoms with van der Waals surface area (Å²) in [6.07, 6.45) is 1.71. The van der Waals surface area contributed by atoms with Crippen molar-refractivity contribution in [3.8, 4) is 0 Å². The molecule has 1 atom stereocenters. The van der Waals surface area contributed by atoms with Gasteiger partial charge in [0.2, 0.25) is 5.91 Å². The van der Waals surface area contributed by atoms with Crippen LogP contribution in [0.25, 0.3) is 0 Å². The number of rotatable bonds is 3. The summed E-state index contributed by atoms with van der Waals surface area (Å²) >= 11 is 1.49. The largest absolute Gasteiger partial charge is 0.361 e. The van der Waals surface area contributed by atoms with E-state index in [-0.39, 0.29) is 17.9 Å². The van der Waals surface area contributed by atoms with Gasteiger partial charge in [-0.15, -0.1) is 11.3 Å². The predicted molar refractivity (Wildman–Crippen MR) is 86.2 cm³/mol. The average Bonchev–Trinajstić information content (AvgIpc) is 3.03. The first-order chi connectivity index (χ1) is 10.6. The first-order valence-corrected chi connectivity index (χ1v) is 7.78. The molecule has 2 heterocycles.